The van der Waals surface area contributed by atoms with Crippen LogP contribution in [0.2, 0.25) is 0 Å². The smallest absolute Gasteiger partial charge is 0.116 e. The van der Waals surface area contributed by atoms with Crippen LogP contribution in [0.15, 0.2) is 176 Å². The summed E-state index contributed by atoms with van der Waals surface area (Å²) >= 11 is 0. The first-order valence-electron chi connectivity index (χ1n) is 22.1. The average Bonchev–Trinajstić information content (AvgIpc) is 3.33. The molecule has 0 spiro atoms. The van der Waals surface area contributed by atoms with E-state index in [4.69, 9.17) is 15.0 Å². The number of fused-ring (bicyclic) bond motifs is 3. The van der Waals surface area contributed by atoms with Crippen LogP contribution >= 0.6 is 0 Å². The minimum Gasteiger partial charge on any atom is -0.252 e. The second-order valence-corrected chi connectivity index (χ2v) is 17.0. The largest absolute Gasteiger partial charge is 0.252 e. The fourth-order valence-corrected chi connectivity index (χ4v) is 10.2. The zero-order valence-electron chi connectivity index (χ0n) is 35.1. The molecule has 10 rings (SSSR count). The van der Waals surface area contributed by atoms with Crippen LogP contribution in [-0.2, 0) is 18.3 Å². The lowest BCUT2D eigenvalue weighted by atomic mass is 9.65. The van der Waals surface area contributed by atoms with Crippen molar-refractivity contribution in [3.63, 3.8) is 0 Å². The van der Waals surface area contributed by atoms with Gasteiger partial charge < -0.3 is 0 Å². The van der Waals surface area contributed by atoms with Crippen LogP contribution in [-0.4, -0.2) is 15.7 Å². The number of aromatic nitrogens is 2. The molecule has 1 fully saturated rings. The van der Waals surface area contributed by atoms with Crippen LogP contribution in [0.4, 0.5) is 0 Å². The molecule has 1 saturated carbocycles. The highest BCUT2D eigenvalue weighted by Crippen LogP contribution is 2.46. The molecule has 0 amide bonds. The Morgan fingerprint density at radius 1 is 0.672 bits per heavy atom. The van der Waals surface area contributed by atoms with Gasteiger partial charge in [0.2, 0.25) is 0 Å². The molecule has 298 valence electrons. The highest BCUT2D eigenvalue weighted by molar-refractivity contribution is 6.24. The van der Waals surface area contributed by atoms with Crippen LogP contribution < -0.4 is 0 Å². The molecule has 3 heteroatoms. The summed E-state index contributed by atoms with van der Waals surface area (Å²) in [5.41, 5.74) is 18.6. The molecule has 0 aliphatic heterocycles. The van der Waals surface area contributed by atoms with Crippen LogP contribution in [0.3, 0.4) is 0 Å². The Hall–Kier alpha value is -6.71. The van der Waals surface area contributed by atoms with E-state index < -0.39 is 0 Å². The van der Waals surface area contributed by atoms with E-state index >= 15 is 0 Å². The summed E-state index contributed by atoms with van der Waals surface area (Å²) in [6.45, 7) is 6.79. The third kappa shape index (κ3) is 7.55. The van der Waals surface area contributed by atoms with Crippen molar-refractivity contribution in [3.05, 3.63) is 215 Å². The maximum absolute atomic E-state index is 5.45. The molecular formula is C58H51N3. The second-order valence-electron chi connectivity index (χ2n) is 17.0. The van der Waals surface area contributed by atoms with E-state index in [0.717, 1.165) is 83.6 Å². The molecule has 0 saturated heterocycles. The minimum absolute atomic E-state index is 0.0617. The van der Waals surface area contributed by atoms with Crippen molar-refractivity contribution < 1.29 is 0 Å². The Labute approximate surface area is 360 Å². The van der Waals surface area contributed by atoms with Gasteiger partial charge in [-0.25, -0.2) is 9.97 Å². The van der Waals surface area contributed by atoms with Crippen LogP contribution in [0.25, 0.3) is 56.2 Å². The van der Waals surface area contributed by atoms with Gasteiger partial charge in [-0.15, -0.1) is 0 Å². The number of aliphatic imine (C=N–C) groups is 1. The highest BCUT2D eigenvalue weighted by atomic mass is 14.8. The number of benzene rings is 6. The molecule has 3 aliphatic carbocycles. The zero-order chi connectivity index (χ0) is 41.2. The summed E-state index contributed by atoms with van der Waals surface area (Å²) in [6.07, 6.45) is 21.0. The van der Waals surface area contributed by atoms with Gasteiger partial charge in [0.1, 0.15) is 6.33 Å². The molecular weight excluding hydrogens is 739 g/mol. The quantitative estimate of drug-likeness (QED) is 0.108. The van der Waals surface area contributed by atoms with Crippen LogP contribution in [0, 0.1) is 0 Å². The molecule has 3 nitrogen and oxygen atoms in total. The Kier molecular flexibility index (Phi) is 10.6. The first-order chi connectivity index (χ1) is 30.0. The molecule has 0 radical (unpaired) electrons. The molecule has 61 heavy (non-hydrogen) atoms. The lowest BCUT2D eigenvalue weighted by molar-refractivity contribution is 0.346. The number of hydrogen-bond donors (Lipinski definition) is 0. The number of hydrogen-bond acceptors (Lipinski definition) is 3. The van der Waals surface area contributed by atoms with E-state index in [2.05, 4.69) is 177 Å². The first-order valence-corrected chi connectivity index (χ1v) is 22.1. The van der Waals surface area contributed by atoms with E-state index in [0.29, 0.717) is 0 Å². The average molecular weight is 790 g/mol. The van der Waals surface area contributed by atoms with E-state index in [1.807, 2.05) is 0 Å². The molecule has 3 aliphatic rings. The summed E-state index contributed by atoms with van der Waals surface area (Å²) in [5.74, 6) is 0. The zero-order valence-corrected chi connectivity index (χ0v) is 35.1. The Bertz CT molecular complexity index is 2890. The van der Waals surface area contributed by atoms with E-state index in [-0.39, 0.29) is 5.41 Å². The number of rotatable bonds is 9. The van der Waals surface area contributed by atoms with Gasteiger partial charge in [-0.05, 0) is 118 Å². The van der Waals surface area contributed by atoms with Gasteiger partial charge in [-0.2, -0.15) is 0 Å². The third-order valence-electron chi connectivity index (χ3n) is 13.4. The van der Waals surface area contributed by atoms with Crippen molar-refractivity contribution in [2.24, 2.45) is 4.99 Å². The molecule has 0 unspecified atom stereocenters. The summed E-state index contributed by atoms with van der Waals surface area (Å²) < 4.78 is 0. The fourth-order valence-electron chi connectivity index (χ4n) is 10.2. The SMILES string of the molecule is C=C(/C=C(\N=C(C)C1=CCCc2ccccc21)c1ccc(C2(c3ccc(-c4cc(-c5cccc6c5C=CCC6)ncn4)cc3)CCCCC2)cc1)c1cccc2ccccc12. The monoisotopic (exact) mass is 789 g/mol. The van der Waals surface area contributed by atoms with Crippen molar-refractivity contribution in [3.8, 4) is 22.5 Å². The molecule has 0 atom stereocenters. The van der Waals surface area contributed by atoms with Gasteiger partial charge in [-0.3, -0.25) is 4.99 Å². The van der Waals surface area contributed by atoms with Gasteiger partial charge in [0.05, 0.1) is 17.1 Å². The lowest BCUT2D eigenvalue weighted by Crippen LogP contribution is -2.30. The van der Waals surface area contributed by atoms with Gasteiger partial charge in [0, 0.05) is 27.8 Å². The molecule has 0 bridgehead atoms. The Balaban J connectivity index is 0.993. The predicted molar refractivity (Wildman–Crippen MR) is 257 cm³/mol. The summed E-state index contributed by atoms with van der Waals surface area (Å²) in [5, 5.41) is 2.41. The summed E-state index contributed by atoms with van der Waals surface area (Å²) in [6, 6.07) is 51.1. The van der Waals surface area contributed by atoms with Crippen LogP contribution in [0.5, 0.6) is 0 Å². The topological polar surface area (TPSA) is 38.1 Å². The van der Waals surface area contributed by atoms with Crippen molar-refractivity contribution in [2.45, 2.75) is 70.1 Å². The van der Waals surface area contributed by atoms with Gasteiger partial charge in [0.25, 0.3) is 0 Å². The number of allylic oxidation sites excluding steroid dienone is 5. The minimum atomic E-state index is -0.0617. The van der Waals surface area contributed by atoms with E-state index in [1.54, 1.807) is 6.33 Å². The van der Waals surface area contributed by atoms with Crippen molar-refractivity contribution in [1.29, 1.82) is 0 Å². The van der Waals surface area contributed by atoms with Crippen LogP contribution in [0.1, 0.15) is 96.4 Å². The van der Waals surface area contributed by atoms with Gasteiger partial charge >= 0.3 is 0 Å². The van der Waals surface area contributed by atoms with Gasteiger partial charge in [-0.1, -0.05) is 178 Å². The summed E-state index contributed by atoms with van der Waals surface area (Å²) in [7, 11) is 0. The third-order valence-corrected chi connectivity index (χ3v) is 13.4. The van der Waals surface area contributed by atoms with E-state index in [1.165, 1.54) is 74.6 Å². The first kappa shape index (κ1) is 38.5. The molecule has 6 aromatic carbocycles. The maximum Gasteiger partial charge on any atom is 0.116 e. The number of nitrogens with zero attached hydrogens (tertiary/aromatic N) is 3. The van der Waals surface area contributed by atoms with Crippen molar-refractivity contribution in [1.82, 2.24) is 9.97 Å². The highest BCUT2D eigenvalue weighted by Gasteiger charge is 2.36. The number of aryl methyl sites for hydroxylation is 2. The fraction of sp³-hybridized carbons (Fsp3) is 0.190. The van der Waals surface area contributed by atoms with Crippen molar-refractivity contribution in [2.75, 3.05) is 0 Å². The standard InChI is InChI=1S/C58H51N3/c1-40(49-24-12-18-42-15-4-7-21-51(42)49)37-56(61-41(2)50-25-13-19-43-16-5-8-22-52(43)50)46-29-33-48(34-30-46)58(35-10-3-11-36-58)47-31-27-45(28-32-47)55-38-57(60-39-59-55)54-26-14-20-44-17-6-9-23-53(44)54/h4-5,7-9,12,14-16,18,20-34,37-39H,1,3,6,10-11,13,17,19,35-36H2,2H3/b56-37-,61-41?. The van der Waals surface area contributed by atoms with E-state index in [9.17, 15) is 0 Å². The Morgan fingerprint density at radius 3 is 2.21 bits per heavy atom. The normalized spacial score (nSPS) is 16.1. The second kappa shape index (κ2) is 16.7. The molecule has 1 aromatic heterocycles. The molecule has 7 aromatic rings. The van der Waals surface area contributed by atoms with Gasteiger partial charge in [0.15, 0.2) is 0 Å². The summed E-state index contributed by atoms with van der Waals surface area (Å²) in [4.78, 5) is 14.9. The lowest BCUT2D eigenvalue weighted by Gasteiger charge is -2.39. The van der Waals surface area contributed by atoms with Crippen molar-refractivity contribution >= 4 is 39.4 Å². The molecule has 0 N–H and O–H groups in total. The molecule has 1 heterocycles. The Morgan fingerprint density at radius 2 is 1.36 bits per heavy atom. The maximum atomic E-state index is 5.45. The predicted octanol–water partition coefficient (Wildman–Crippen LogP) is 14.7.